The molecule has 0 bridgehead atoms. The maximum Gasteiger partial charge on any atom is 0.416 e. The molecule has 0 fully saturated rings. The number of nitrogens with one attached hydrogen (secondary N) is 1. The fraction of sp³-hybridized carbons (Fsp3) is 0.533. The van der Waals surface area contributed by atoms with E-state index in [-0.39, 0.29) is 25.8 Å². The first-order valence-electron chi connectivity index (χ1n) is 7.45. The molecule has 0 heterocycles. The normalized spacial score (nSPS) is 12.2. The number of alkyl halides is 6. The summed E-state index contributed by atoms with van der Waals surface area (Å²) in [7, 11) is 0. The van der Waals surface area contributed by atoms with E-state index in [1.54, 1.807) is 0 Å². The van der Waals surface area contributed by atoms with E-state index in [1.165, 1.54) is 0 Å². The van der Waals surface area contributed by atoms with Crippen molar-refractivity contribution >= 4 is 11.7 Å². The second-order valence-electron chi connectivity index (χ2n) is 5.29. The fourth-order valence-electron chi connectivity index (χ4n) is 2.01. The lowest BCUT2D eigenvalue weighted by Gasteiger charge is -2.22. The van der Waals surface area contributed by atoms with Crippen LogP contribution in [0.15, 0.2) is 18.2 Å². The van der Waals surface area contributed by atoms with Crippen LogP contribution in [0.1, 0.15) is 30.9 Å². The number of amides is 2. The van der Waals surface area contributed by atoms with Crippen LogP contribution in [0.5, 0.6) is 0 Å². The molecule has 0 aliphatic rings. The van der Waals surface area contributed by atoms with Crippen LogP contribution in [0.4, 0.5) is 36.8 Å². The SMILES string of the molecule is CCCCN(CCO)C(=O)Nc1cc(C(F)(F)F)cc(C(F)(F)F)c1. The number of carbonyl (C=O) groups is 1. The number of aliphatic hydroxyl groups excluding tert-OH is 1. The molecule has 1 aromatic carbocycles. The molecule has 0 aromatic heterocycles. The predicted octanol–water partition coefficient (Wildman–Crippen LogP) is 4.35. The number of unbranched alkanes of at least 4 members (excludes halogenated alkanes) is 1. The maximum absolute atomic E-state index is 12.8. The lowest BCUT2D eigenvalue weighted by Crippen LogP contribution is -2.37. The minimum Gasteiger partial charge on any atom is -0.395 e. The third-order valence-electron chi connectivity index (χ3n) is 3.28. The highest BCUT2D eigenvalue weighted by Gasteiger charge is 2.37. The molecular formula is C15H18F6N2O2. The number of hydrogen-bond donors (Lipinski definition) is 2. The van der Waals surface area contributed by atoms with E-state index in [2.05, 4.69) is 0 Å². The first kappa shape index (κ1) is 21.1. The van der Waals surface area contributed by atoms with E-state index >= 15 is 0 Å². The largest absolute Gasteiger partial charge is 0.416 e. The van der Waals surface area contributed by atoms with Crippen LogP contribution in [-0.4, -0.2) is 35.7 Å². The van der Waals surface area contributed by atoms with Gasteiger partial charge in [-0.3, -0.25) is 0 Å². The van der Waals surface area contributed by atoms with Crippen LogP contribution in [0.25, 0.3) is 0 Å². The first-order chi connectivity index (χ1) is 11.5. The smallest absolute Gasteiger partial charge is 0.395 e. The van der Waals surface area contributed by atoms with Gasteiger partial charge >= 0.3 is 18.4 Å². The first-order valence-corrected chi connectivity index (χ1v) is 7.45. The number of rotatable bonds is 6. The highest BCUT2D eigenvalue weighted by molar-refractivity contribution is 5.89. The van der Waals surface area contributed by atoms with Gasteiger partial charge in [-0.05, 0) is 24.6 Å². The molecule has 0 radical (unpaired) electrons. The summed E-state index contributed by atoms with van der Waals surface area (Å²) < 4.78 is 76.8. The van der Waals surface area contributed by atoms with Gasteiger partial charge in [0, 0.05) is 18.8 Å². The highest BCUT2D eigenvalue weighted by atomic mass is 19.4. The van der Waals surface area contributed by atoms with Gasteiger partial charge in [0.15, 0.2) is 0 Å². The van der Waals surface area contributed by atoms with Gasteiger partial charge in [0.2, 0.25) is 0 Å². The number of aliphatic hydroxyl groups is 1. The summed E-state index contributed by atoms with van der Waals surface area (Å²) >= 11 is 0. The Kier molecular flexibility index (Phi) is 7.09. The van der Waals surface area contributed by atoms with Crippen molar-refractivity contribution in [3.63, 3.8) is 0 Å². The second-order valence-corrected chi connectivity index (χ2v) is 5.29. The lowest BCUT2D eigenvalue weighted by molar-refractivity contribution is -0.143. The average Bonchev–Trinajstić information content (AvgIpc) is 2.49. The van der Waals surface area contributed by atoms with Crippen molar-refractivity contribution in [3.05, 3.63) is 29.3 Å². The Morgan fingerprint density at radius 3 is 1.96 bits per heavy atom. The van der Waals surface area contributed by atoms with E-state index in [4.69, 9.17) is 5.11 Å². The maximum atomic E-state index is 12.8. The summed E-state index contributed by atoms with van der Waals surface area (Å²) in [6, 6.07) is -0.0261. The molecule has 2 amide bonds. The van der Waals surface area contributed by atoms with Gasteiger partial charge in [0.1, 0.15) is 0 Å². The molecule has 25 heavy (non-hydrogen) atoms. The van der Waals surface area contributed by atoms with E-state index in [1.807, 2.05) is 12.2 Å². The molecule has 0 unspecified atom stereocenters. The molecule has 0 saturated heterocycles. The summed E-state index contributed by atoms with van der Waals surface area (Å²) in [5.74, 6) is 0. The van der Waals surface area contributed by atoms with E-state index < -0.39 is 35.2 Å². The Balaban J connectivity index is 3.12. The Morgan fingerprint density at radius 1 is 1.04 bits per heavy atom. The number of hydrogen-bond acceptors (Lipinski definition) is 2. The number of halogens is 6. The number of benzene rings is 1. The fourth-order valence-corrected chi connectivity index (χ4v) is 2.01. The molecule has 1 aromatic rings. The quantitative estimate of drug-likeness (QED) is 0.730. The van der Waals surface area contributed by atoms with Gasteiger partial charge in [-0.2, -0.15) is 26.3 Å². The second kappa shape index (κ2) is 8.41. The summed E-state index contributed by atoms with van der Waals surface area (Å²) in [6.45, 7) is 1.59. The molecule has 0 atom stereocenters. The van der Waals surface area contributed by atoms with Crippen LogP contribution < -0.4 is 5.32 Å². The molecule has 4 nitrogen and oxygen atoms in total. The third kappa shape index (κ3) is 6.45. The van der Waals surface area contributed by atoms with Crippen LogP contribution >= 0.6 is 0 Å². The van der Waals surface area contributed by atoms with Gasteiger partial charge < -0.3 is 15.3 Å². The summed E-state index contributed by atoms with van der Waals surface area (Å²) in [4.78, 5) is 13.2. The van der Waals surface area contributed by atoms with E-state index in [0.717, 1.165) is 11.3 Å². The Labute approximate surface area is 140 Å². The van der Waals surface area contributed by atoms with Crippen molar-refractivity contribution in [2.24, 2.45) is 0 Å². The van der Waals surface area contributed by atoms with Crippen LogP contribution in [0.2, 0.25) is 0 Å². The van der Waals surface area contributed by atoms with Crippen molar-refractivity contribution in [1.82, 2.24) is 4.90 Å². The molecule has 1 rings (SSSR count). The average molecular weight is 372 g/mol. The van der Waals surface area contributed by atoms with Crippen LogP contribution in [-0.2, 0) is 12.4 Å². The molecule has 142 valence electrons. The molecule has 0 spiro atoms. The minimum atomic E-state index is -4.99. The third-order valence-corrected chi connectivity index (χ3v) is 3.28. The van der Waals surface area contributed by atoms with Crippen molar-refractivity contribution in [2.45, 2.75) is 32.1 Å². The molecule has 2 N–H and O–H groups in total. The number of urea groups is 1. The van der Waals surface area contributed by atoms with Crippen molar-refractivity contribution < 1.29 is 36.2 Å². The molecular weight excluding hydrogens is 354 g/mol. The van der Waals surface area contributed by atoms with Gasteiger partial charge in [-0.25, -0.2) is 4.79 Å². The van der Waals surface area contributed by atoms with Gasteiger partial charge in [0.25, 0.3) is 0 Å². The highest BCUT2D eigenvalue weighted by Crippen LogP contribution is 2.37. The van der Waals surface area contributed by atoms with Gasteiger partial charge in [-0.15, -0.1) is 0 Å². The molecule has 0 saturated carbocycles. The molecule has 10 heteroatoms. The van der Waals surface area contributed by atoms with Crippen molar-refractivity contribution in [2.75, 3.05) is 25.0 Å². The zero-order chi connectivity index (χ0) is 19.3. The van der Waals surface area contributed by atoms with E-state index in [0.29, 0.717) is 18.6 Å². The van der Waals surface area contributed by atoms with Crippen LogP contribution in [0.3, 0.4) is 0 Å². The van der Waals surface area contributed by atoms with Gasteiger partial charge in [0.05, 0.1) is 17.7 Å². The zero-order valence-electron chi connectivity index (χ0n) is 13.3. The molecule has 0 aliphatic carbocycles. The Hall–Kier alpha value is -1.97. The number of anilines is 1. The molecule has 0 aliphatic heterocycles. The predicted molar refractivity (Wildman–Crippen MR) is 79.0 cm³/mol. The number of nitrogens with zero attached hydrogens (tertiary/aromatic N) is 1. The van der Waals surface area contributed by atoms with Crippen LogP contribution in [0, 0.1) is 0 Å². The zero-order valence-corrected chi connectivity index (χ0v) is 13.3. The van der Waals surface area contributed by atoms with Crippen molar-refractivity contribution in [3.8, 4) is 0 Å². The van der Waals surface area contributed by atoms with Gasteiger partial charge in [-0.1, -0.05) is 13.3 Å². The summed E-state index contributed by atoms with van der Waals surface area (Å²) in [6.07, 6.45) is -8.69. The lowest BCUT2D eigenvalue weighted by atomic mass is 10.1. The minimum absolute atomic E-state index is 0.0156. The van der Waals surface area contributed by atoms with Crippen molar-refractivity contribution in [1.29, 1.82) is 0 Å². The monoisotopic (exact) mass is 372 g/mol. The standard InChI is InChI=1S/C15H18F6N2O2/c1-2-3-4-23(5-6-24)13(25)22-12-8-10(14(16,17)18)7-11(9-12)15(19,20)21/h7-9,24H,2-6H2,1H3,(H,22,25). The summed E-state index contributed by atoms with van der Waals surface area (Å²) in [5.41, 5.74) is -3.65. The Morgan fingerprint density at radius 2 is 1.56 bits per heavy atom. The number of carbonyl (C=O) groups excluding carboxylic acids is 1. The topological polar surface area (TPSA) is 52.6 Å². The summed E-state index contributed by atoms with van der Waals surface area (Å²) in [5, 5.41) is 11.0. The Bertz CT molecular complexity index is 554. The van der Waals surface area contributed by atoms with E-state index in [9.17, 15) is 31.1 Å².